The van der Waals surface area contributed by atoms with Crippen LogP contribution in [0.25, 0.3) is 0 Å². The number of ketones is 1. The first-order valence-corrected chi connectivity index (χ1v) is 4.23. The summed E-state index contributed by atoms with van der Waals surface area (Å²) in [5, 5.41) is 8.74. The van der Waals surface area contributed by atoms with E-state index in [4.69, 9.17) is 5.26 Å². The van der Waals surface area contributed by atoms with Crippen LogP contribution < -0.4 is 0 Å². The molecule has 0 aliphatic heterocycles. The molecule has 0 unspecified atom stereocenters. The van der Waals surface area contributed by atoms with E-state index >= 15 is 0 Å². The maximum Gasteiger partial charge on any atom is 0.159 e. The van der Waals surface area contributed by atoms with Gasteiger partial charge in [0.05, 0.1) is 11.6 Å². The van der Waals surface area contributed by atoms with Gasteiger partial charge in [-0.05, 0) is 31.0 Å². The topological polar surface area (TPSA) is 40.9 Å². The molecular weight excluding hydrogens is 162 g/mol. The highest BCUT2D eigenvalue weighted by Gasteiger charge is 2.04. The van der Waals surface area contributed by atoms with Crippen LogP contribution in [0.5, 0.6) is 0 Å². The highest BCUT2D eigenvalue weighted by Crippen LogP contribution is 2.12. The molecule has 0 amide bonds. The number of Topliss-reactive ketones (excluding diaryl/α,β-unsaturated/α-hetero) is 1. The number of hydrogen-bond acceptors (Lipinski definition) is 2. The zero-order valence-corrected chi connectivity index (χ0v) is 7.79. The van der Waals surface area contributed by atoms with E-state index in [-0.39, 0.29) is 5.78 Å². The lowest BCUT2D eigenvalue weighted by Crippen LogP contribution is -1.95. The van der Waals surface area contributed by atoms with E-state index in [1.807, 2.05) is 6.92 Å². The first-order chi connectivity index (χ1) is 6.19. The smallest absolute Gasteiger partial charge is 0.159 e. The Hall–Kier alpha value is -1.62. The molecule has 13 heavy (non-hydrogen) atoms. The second kappa shape index (κ2) is 3.86. The fourth-order valence-electron chi connectivity index (χ4n) is 1.21. The van der Waals surface area contributed by atoms with Crippen LogP contribution >= 0.6 is 0 Å². The Bertz CT molecular complexity index is 374. The minimum atomic E-state index is 0.0409. The first-order valence-electron chi connectivity index (χ1n) is 4.23. The molecule has 66 valence electrons. The monoisotopic (exact) mass is 173 g/mol. The summed E-state index contributed by atoms with van der Waals surface area (Å²) >= 11 is 0. The van der Waals surface area contributed by atoms with E-state index in [0.29, 0.717) is 11.1 Å². The molecule has 0 bridgehead atoms. The van der Waals surface area contributed by atoms with Gasteiger partial charge in [0.15, 0.2) is 5.78 Å². The fraction of sp³-hybridized carbons (Fsp3) is 0.273. The van der Waals surface area contributed by atoms with Crippen molar-refractivity contribution < 1.29 is 4.79 Å². The van der Waals surface area contributed by atoms with Gasteiger partial charge in [-0.1, -0.05) is 13.0 Å². The number of nitrogens with zero attached hydrogens (tertiary/aromatic N) is 1. The Morgan fingerprint density at radius 3 is 2.69 bits per heavy atom. The van der Waals surface area contributed by atoms with Gasteiger partial charge in [-0.3, -0.25) is 4.79 Å². The number of nitriles is 1. The maximum atomic E-state index is 11.0. The average molecular weight is 173 g/mol. The number of carbonyl (C=O) groups is 1. The summed E-state index contributed by atoms with van der Waals surface area (Å²) in [5.41, 5.74) is 2.28. The van der Waals surface area contributed by atoms with Crippen molar-refractivity contribution in [2.75, 3.05) is 0 Å². The van der Waals surface area contributed by atoms with Gasteiger partial charge in [-0.15, -0.1) is 0 Å². The molecule has 0 atom stereocenters. The molecule has 0 N–H and O–H groups in total. The highest BCUT2D eigenvalue weighted by molar-refractivity contribution is 5.94. The normalized spacial score (nSPS) is 9.31. The lowest BCUT2D eigenvalue weighted by atomic mass is 10.0. The molecule has 0 aliphatic rings. The SMILES string of the molecule is CCc1cc(C(C)=O)ccc1C#N. The van der Waals surface area contributed by atoms with Gasteiger partial charge < -0.3 is 0 Å². The van der Waals surface area contributed by atoms with Crippen LogP contribution in [0.3, 0.4) is 0 Å². The number of carbonyl (C=O) groups excluding carboxylic acids is 1. The third-order valence-corrected chi connectivity index (χ3v) is 2.01. The van der Waals surface area contributed by atoms with Crippen LogP contribution in [0.4, 0.5) is 0 Å². The van der Waals surface area contributed by atoms with E-state index in [2.05, 4.69) is 6.07 Å². The summed E-state index contributed by atoms with van der Waals surface area (Å²) in [7, 11) is 0. The van der Waals surface area contributed by atoms with Gasteiger partial charge in [0.2, 0.25) is 0 Å². The Morgan fingerprint density at radius 2 is 2.23 bits per heavy atom. The van der Waals surface area contributed by atoms with Crippen LogP contribution in [-0.2, 0) is 6.42 Å². The van der Waals surface area contributed by atoms with Crippen LogP contribution in [0.15, 0.2) is 18.2 Å². The minimum absolute atomic E-state index is 0.0409. The van der Waals surface area contributed by atoms with E-state index in [1.54, 1.807) is 18.2 Å². The number of hydrogen-bond donors (Lipinski definition) is 0. The van der Waals surface area contributed by atoms with Crippen molar-refractivity contribution in [3.8, 4) is 6.07 Å². The molecule has 2 heteroatoms. The molecule has 0 saturated carbocycles. The molecule has 0 fully saturated rings. The lowest BCUT2D eigenvalue weighted by Gasteiger charge is -2.02. The largest absolute Gasteiger partial charge is 0.295 e. The van der Waals surface area contributed by atoms with Crippen LogP contribution in [0, 0.1) is 11.3 Å². The molecule has 0 spiro atoms. The molecule has 0 radical (unpaired) electrons. The standard InChI is InChI=1S/C11H11NO/c1-3-9-6-10(8(2)13)4-5-11(9)7-12/h4-6H,3H2,1-2H3. The van der Waals surface area contributed by atoms with Crippen molar-refractivity contribution in [2.45, 2.75) is 20.3 Å². The number of rotatable bonds is 2. The van der Waals surface area contributed by atoms with E-state index in [1.165, 1.54) is 6.92 Å². The molecule has 1 aromatic rings. The highest BCUT2D eigenvalue weighted by atomic mass is 16.1. The van der Waals surface area contributed by atoms with Crippen LogP contribution in [0.1, 0.15) is 35.3 Å². The Labute approximate surface area is 77.8 Å². The quantitative estimate of drug-likeness (QED) is 0.644. The van der Waals surface area contributed by atoms with Crippen molar-refractivity contribution in [1.29, 1.82) is 5.26 Å². The summed E-state index contributed by atoms with van der Waals surface area (Å²) in [6, 6.07) is 7.29. The first kappa shape index (κ1) is 9.47. The summed E-state index contributed by atoms with van der Waals surface area (Å²) < 4.78 is 0. The van der Waals surface area contributed by atoms with Gasteiger partial charge in [-0.2, -0.15) is 5.26 Å². The van der Waals surface area contributed by atoms with Gasteiger partial charge in [-0.25, -0.2) is 0 Å². The lowest BCUT2D eigenvalue weighted by molar-refractivity contribution is 0.101. The van der Waals surface area contributed by atoms with Crippen LogP contribution in [-0.4, -0.2) is 5.78 Å². The third kappa shape index (κ3) is 1.94. The third-order valence-electron chi connectivity index (χ3n) is 2.01. The van der Waals surface area contributed by atoms with Crippen molar-refractivity contribution in [3.63, 3.8) is 0 Å². The molecule has 0 aromatic heterocycles. The summed E-state index contributed by atoms with van der Waals surface area (Å²) in [5.74, 6) is 0.0409. The van der Waals surface area contributed by atoms with Gasteiger partial charge in [0, 0.05) is 5.56 Å². The Kier molecular flexibility index (Phi) is 2.81. The van der Waals surface area contributed by atoms with Crippen molar-refractivity contribution in [3.05, 3.63) is 34.9 Å². The van der Waals surface area contributed by atoms with Gasteiger partial charge in [0.25, 0.3) is 0 Å². The fourth-order valence-corrected chi connectivity index (χ4v) is 1.21. The van der Waals surface area contributed by atoms with Gasteiger partial charge >= 0.3 is 0 Å². The predicted octanol–water partition coefficient (Wildman–Crippen LogP) is 2.32. The summed E-state index contributed by atoms with van der Waals surface area (Å²) in [4.78, 5) is 11.0. The second-order valence-electron chi connectivity index (χ2n) is 2.89. The molecule has 1 rings (SSSR count). The van der Waals surface area contributed by atoms with Gasteiger partial charge in [0.1, 0.15) is 0 Å². The van der Waals surface area contributed by atoms with Crippen molar-refractivity contribution >= 4 is 5.78 Å². The maximum absolute atomic E-state index is 11.0. The van der Waals surface area contributed by atoms with E-state index < -0.39 is 0 Å². The molecular formula is C11H11NO. The summed E-state index contributed by atoms with van der Waals surface area (Å²) in [6.07, 6.45) is 0.782. The average Bonchev–Trinajstić information content (AvgIpc) is 2.16. The van der Waals surface area contributed by atoms with Crippen molar-refractivity contribution in [1.82, 2.24) is 0 Å². The number of aryl methyl sites for hydroxylation is 1. The van der Waals surface area contributed by atoms with E-state index in [0.717, 1.165) is 12.0 Å². The second-order valence-corrected chi connectivity index (χ2v) is 2.89. The summed E-state index contributed by atoms with van der Waals surface area (Å²) in [6.45, 7) is 3.50. The predicted molar refractivity (Wildman–Crippen MR) is 50.5 cm³/mol. The Morgan fingerprint density at radius 1 is 1.54 bits per heavy atom. The zero-order chi connectivity index (χ0) is 9.84. The molecule has 2 nitrogen and oxygen atoms in total. The van der Waals surface area contributed by atoms with Crippen molar-refractivity contribution in [2.24, 2.45) is 0 Å². The molecule has 0 heterocycles. The minimum Gasteiger partial charge on any atom is -0.295 e. The molecule has 0 aliphatic carbocycles. The molecule has 1 aromatic carbocycles. The van der Waals surface area contributed by atoms with E-state index in [9.17, 15) is 4.79 Å². The number of benzene rings is 1. The van der Waals surface area contributed by atoms with Crippen LogP contribution in [0.2, 0.25) is 0 Å². The Balaban J connectivity index is 3.23. The zero-order valence-electron chi connectivity index (χ0n) is 7.79. The molecule has 0 saturated heterocycles.